The summed E-state index contributed by atoms with van der Waals surface area (Å²) in [6.07, 6.45) is 3.51. The van der Waals surface area contributed by atoms with Gasteiger partial charge in [-0.3, -0.25) is 14.4 Å². The molecule has 2 heterocycles. The molecule has 3 amide bonds. The van der Waals surface area contributed by atoms with E-state index in [-0.39, 0.29) is 35.6 Å². The molecule has 0 aliphatic carbocycles. The van der Waals surface area contributed by atoms with Crippen molar-refractivity contribution in [3.8, 4) is 0 Å². The van der Waals surface area contributed by atoms with Gasteiger partial charge >= 0.3 is 0 Å². The monoisotopic (exact) mass is 321 g/mol. The maximum atomic E-state index is 12.4. The van der Waals surface area contributed by atoms with Crippen LogP contribution in [-0.4, -0.2) is 59.7 Å². The molecule has 1 N–H and O–H groups in total. The molecule has 0 aromatic carbocycles. The minimum absolute atomic E-state index is 0.00354. The van der Waals surface area contributed by atoms with Gasteiger partial charge in [-0.05, 0) is 25.3 Å². The Morgan fingerprint density at radius 3 is 2.26 bits per heavy atom. The molecule has 23 heavy (non-hydrogen) atoms. The molecule has 2 aliphatic heterocycles. The van der Waals surface area contributed by atoms with E-state index in [0.717, 1.165) is 6.42 Å². The van der Waals surface area contributed by atoms with Crippen molar-refractivity contribution < 1.29 is 14.4 Å². The third-order valence-corrected chi connectivity index (χ3v) is 4.69. The summed E-state index contributed by atoms with van der Waals surface area (Å²) in [5, 5.41) is 3.07. The van der Waals surface area contributed by atoms with E-state index in [9.17, 15) is 14.4 Å². The highest BCUT2D eigenvalue weighted by Gasteiger charge is 2.31. The smallest absolute Gasteiger partial charge is 0.245 e. The average molecular weight is 321 g/mol. The molecule has 0 saturated carbocycles. The van der Waals surface area contributed by atoms with Crippen LogP contribution in [0.3, 0.4) is 0 Å². The molecule has 0 aromatic rings. The summed E-state index contributed by atoms with van der Waals surface area (Å²) in [4.78, 5) is 39.5. The zero-order valence-corrected chi connectivity index (χ0v) is 14.1. The summed E-state index contributed by atoms with van der Waals surface area (Å²) < 4.78 is 0. The Morgan fingerprint density at radius 1 is 1.09 bits per heavy atom. The Hall–Kier alpha value is -1.85. The maximum absolute atomic E-state index is 12.4. The molecule has 2 fully saturated rings. The molecule has 6 nitrogen and oxygen atoms in total. The molecular formula is C17H27N3O3. The van der Waals surface area contributed by atoms with Crippen molar-refractivity contribution in [1.82, 2.24) is 15.1 Å². The third-order valence-electron chi connectivity index (χ3n) is 4.69. The minimum atomic E-state index is -0.0671. The van der Waals surface area contributed by atoms with Gasteiger partial charge in [0.05, 0.1) is 0 Å². The molecule has 0 spiro atoms. The highest BCUT2D eigenvalue weighted by Crippen LogP contribution is 2.19. The fourth-order valence-corrected chi connectivity index (χ4v) is 3.25. The van der Waals surface area contributed by atoms with Crippen LogP contribution in [0.25, 0.3) is 0 Å². The van der Waals surface area contributed by atoms with Crippen LogP contribution in [0.2, 0.25) is 0 Å². The Bertz CT molecular complexity index is 481. The molecule has 128 valence electrons. The number of piperidine rings is 1. The zero-order valence-electron chi connectivity index (χ0n) is 14.1. The van der Waals surface area contributed by atoms with Crippen molar-refractivity contribution in [3.63, 3.8) is 0 Å². The number of hydrogen-bond acceptors (Lipinski definition) is 3. The summed E-state index contributed by atoms with van der Waals surface area (Å²) >= 11 is 0. The fourth-order valence-electron chi connectivity index (χ4n) is 3.25. The molecule has 6 heteroatoms. The van der Waals surface area contributed by atoms with Gasteiger partial charge in [-0.1, -0.05) is 20.4 Å². The van der Waals surface area contributed by atoms with E-state index < -0.39 is 0 Å². The van der Waals surface area contributed by atoms with Gasteiger partial charge in [0.25, 0.3) is 0 Å². The van der Waals surface area contributed by atoms with E-state index in [1.54, 1.807) is 4.90 Å². The summed E-state index contributed by atoms with van der Waals surface area (Å²) in [5.74, 6) is 0.0925. The minimum Gasteiger partial charge on any atom is -0.351 e. The molecule has 0 bridgehead atoms. The van der Waals surface area contributed by atoms with Gasteiger partial charge in [0.1, 0.15) is 0 Å². The lowest BCUT2D eigenvalue weighted by molar-refractivity contribution is -0.134. The van der Waals surface area contributed by atoms with Crippen molar-refractivity contribution in [2.45, 2.75) is 39.2 Å². The number of carbonyl (C=O) groups is 3. The molecule has 0 radical (unpaired) electrons. The number of nitrogens with one attached hydrogen (secondary N) is 1. The Balaban J connectivity index is 1.77. The Morgan fingerprint density at radius 2 is 1.70 bits per heavy atom. The number of nitrogens with zero attached hydrogens (tertiary/aromatic N) is 2. The van der Waals surface area contributed by atoms with Gasteiger partial charge in [-0.25, -0.2) is 0 Å². The first kappa shape index (κ1) is 17.5. The van der Waals surface area contributed by atoms with E-state index in [2.05, 4.69) is 11.9 Å². The second-order valence-corrected chi connectivity index (χ2v) is 6.74. The molecule has 1 atom stereocenters. The van der Waals surface area contributed by atoms with Gasteiger partial charge in [-0.2, -0.15) is 0 Å². The first-order valence-electron chi connectivity index (χ1n) is 8.43. The van der Waals surface area contributed by atoms with Crippen LogP contribution < -0.4 is 5.32 Å². The quantitative estimate of drug-likeness (QED) is 0.778. The third kappa shape index (κ3) is 4.33. The van der Waals surface area contributed by atoms with Crippen LogP contribution in [0.4, 0.5) is 0 Å². The van der Waals surface area contributed by atoms with Crippen LogP contribution in [0.15, 0.2) is 12.7 Å². The van der Waals surface area contributed by atoms with E-state index >= 15 is 0 Å². The number of hydrogen-bond donors (Lipinski definition) is 1. The van der Waals surface area contributed by atoms with Crippen molar-refractivity contribution in [1.29, 1.82) is 0 Å². The maximum Gasteiger partial charge on any atom is 0.245 e. The van der Waals surface area contributed by atoms with Crippen molar-refractivity contribution in [2.75, 3.05) is 26.2 Å². The van der Waals surface area contributed by atoms with Crippen LogP contribution in [0.1, 0.15) is 33.1 Å². The van der Waals surface area contributed by atoms with Gasteiger partial charge < -0.3 is 15.1 Å². The van der Waals surface area contributed by atoms with E-state index in [1.807, 2.05) is 18.7 Å². The van der Waals surface area contributed by atoms with Crippen LogP contribution >= 0.6 is 0 Å². The van der Waals surface area contributed by atoms with E-state index in [1.165, 1.54) is 6.08 Å². The van der Waals surface area contributed by atoms with Crippen LogP contribution in [0, 0.1) is 11.8 Å². The lowest BCUT2D eigenvalue weighted by Gasteiger charge is -2.31. The molecule has 1 unspecified atom stereocenters. The second kappa shape index (κ2) is 7.62. The van der Waals surface area contributed by atoms with Crippen LogP contribution in [-0.2, 0) is 14.4 Å². The largest absolute Gasteiger partial charge is 0.351 e. The second-order valence-electron chi connectivity index (χ2n) is 6.74. The molecule has 0 aromatic heterocycles. The average Bonchev–Trinajstić information content (AvgIpc) is 3.01. The predicted molar refractivity (Wildman–Crippen MR) is 87.5 cm³/mol. The normalized spacial score (nSPS) is 22.3. The predicted octanol–water partition coefficient (Wildman–Crippen LogP) is 0.784. The topological polar surface area (TPSA) is 69.7 Å². The summed E-state index contributed by atoms with van der Waals surface area (Å²) in [6, 6.07) is 0.0537. The Kier molecular flexibility index (Phi) is 5.80. The number of likely N-dealkylation sites (tertiary alicyclic amines) is 2. The van der Waals surface area contributed by atoms with Crippen molar-refractivity contribution in [2.24, 2.45) is 11.8 Å². The SMILES string of the molecule is C=CC(=O)N1CCC(C(=O)NC2CCN(C(=O)C(C)C)C2)CC1. The summed E-state index contributed by atoms with van der Waals surface area (Å²) in [6.45, 7) is 9.81. The fraction of sp³-hybridized carbons (Fsp3) is 0.706. The van der Waals surface area contributed by atoms with E-state index in [0.29, 0.717) is 39.0 Å². The molecule has 2 aliphatic rings. The summed E-state index contributed by atoms with van der Waals surface area (Å²) in [5.41, 5.74) is 0. The first-order chi connectivity index (χ1) is 10.9. The number of rotatable bonds is 4. The Labute approximate surface area is 137 Å². The first-order valence-corrected chi connectivity index (χ1v) is 8.43. The molecular weight excluding hydrogens is 294 g/mol. The van der Waals surface area contributed by atoms with Gasteiger partial charge in [0.2, 0.25) is 17.7 Å². The number of amides is 3. The summed E-state index contributed by atoms with van der Waals surface area (Å²) in [7, 11) is 0. The number of carbonyl (C=O) groups excluding carboxylic acids is 3. The highest BCUT2D eigenvalue weighted by atomic mass is 16.2. The zero-order chi connectivity index (χ0) is 17.0. The van der Waals surface area contributed by atoms with E-state index in [4.69, 9.17) is 0 Å². The van der Waals surface area contributed by atoms with Crippen molar-refractivity contribution >= 4 is 17.7 Å². The van der Waals surface area contributed by atoms with Gasteiger partial charge in [0, 0.05) is 44.1 Å². The van der Waals surface area contributed by atoms with Gasteiger partial charge in [0.15, 0.2) is 0 Å². The lowest BCUT2D eigenvalue weighted by atomic mass is 9.95. The van der Waals surface area contributed by atoms with Crippen molar-refractivity contribution in [3.05, 3.63) is 12.7 Å². The highest BCUT2D eigenvalue weighted by molar-refractivity contribution is 5.87. The standard InChI is InChI=1S/C17H27N3O3/c1-4-15(21)19-8-5-13(6-9-19)16(22)18-14-7-10-20(11-14)17(23)12(2)3/h4,12-14H,1,5-11H2,2-3H3,(H,18,22). The van der Waals surface area contributed by atoms with Crippen LogP contribution in [0.5, 0.6) is 0 Å². The lowest BCUT2D eigenvalue weighted by Crippen LogP contribution is -2.46. The molecule has 2 saturated heterocycles. The molecule has 2 rings (SSSR count). The van der Waals surface area contributed by atoms with Gasteiger partial charge in [-0.15, -0.1) is 0 Å².